The molecule has 1 aliphatic rings. The van der Waals surface area contributed by atoms with Crippen molar-refractivity contribution in [2.45, 2.75) is 25.3 Å². The summed E-state index contributed by atoms with van der Waals surface area (Å²) in [7, 11) is 0. The van der Waals surface area contributed by atoms with Crippen LogP contribution in [-0.4, -0.2) is 16.7 Å². The van der Waals surface area contributed by atoms with Crippen molar-refractivity contribution in [3.8, 4) is 0 Å². The molecule has 1 amide bonds. The molecule has 0 bridgehead atoms. The molecule has 1 saturated carbocycles. The lowest BCUT2D eigenvalue weighted by Gasteiger charge is -2.18. The molecule has 0 aliphatic heterocycles. The second-order valence-electron chi connectivity index (χ2n) is 9.23. The summed E-state index contributed by atoms with van der Waals surface area (Å²) in [5.41, 5.74) is 8.28. The zero-order chi connectivity index (χ0) is 23.8. The fourth-order valence-corrected chi connectivity index (χ4v) is 5.60. The Morgan fingerprint density at radius 3 is 2.20 bits per heavy atom. The second kappa shape index (κ2) is 8.55. The first-order valence-corrected chi connectivity index (χ1v) is 12.2. The number of aryl methyl sites for hydroxylation is 1. The van der Waals surface area contributed by atoms with E-state index in [1.54, 1.807) is 6.21 Å². The molecule has 5 aromatic rings. The molecule has 4 nitrogen and oxygen atoms in total. The van der Waals surface area contributed by atoms with Crippen molar-refractivity contribution in [2.75, 3.05) is 0 Å². The van der Waals surface area contributed by atoms with Crippen LogP contribution in [0.4, 0.5) is 0 Å². The molecule has 1 atom stereocenters. The van der Waals surface area contributed by atoms with E-state index >= 15 is 0 Å². The summed E-state index contributed by atoms with van der Waals surface area (Å²) >= 11 is 0. The number of carbonyl (C=O) groups excluding carboxylic acids is 1. The number of hydrogen-bond acceptors (Lipinski definition) is 2. The highest BCUT2D eigenvalue weighted by Crippen LogP contribution is 2.58. The minimum Gasteiger partial charge on any atom is -0.341 e. The lowest BCUT2D eigenvalue weighted by Crippen LogP contribution is -2.25. The standard InChI is InChI=1S/C31H27N3O/c1-2-34-28-16-10-9-15-25(28)26-19-22(17-18-29(26)34)21-32-33-30(35)27-20-31(27,23-11-5-3-6-12-23)24-13-7-4-8-14-24/h3-19,21,27H,2,20H2,1H3,(H,33,35)/t27-/m0/s1. The molecule has 0 saturated heterocycles. The molecule has 0 spiro atoms. The number of amides is 1. The number of nitrogens with zero attached hydrogens (tertiary/aromatic N) is 2. The Labute approximate surface area is 204 Å². The molecule has 0 unspecified atom stereocenters. The van der Waals surface area contributed by atoms with Crippen LogP contribution in [0, 0.1) is 5.92 Å². The van der Waals surface area contributed by atoms with Gasteiger partial charge in [0.05, 0.1) is 12.1 Å². The molecule has 4 aromatic carbocycles. The average molecular weight is 458 g/mol. The minimum absolute atomic E-state index is 0.0439. The van der Waals surface area contributed by atoms with Gasteiger partial charge in [-0.1, -0.05) is 84.9 Å². The van der Waals surface area contributed by atoms with Gasteiger partial charge < -0.3 is 4.57 Å². The van der Waals surface area contributed by atoms with Crippen molar-refractivity contribution in [3.05, 3.63) is 120 Å². The summed E-state index contributed by atoms with van der Waals surface area (Å²) in [5.74, 6) is -0.188. The van der Waals surface area contributed by atoms with E-state index in [-0.39, 0.29) is 17.2 Å². The normalized spacial score (nSPS) is 16.7. The van der Waals surface area contributed by atoms with Crippen LogP contribution in [0.3, 0.4) is 0 Å². The zero-order valence-electron chi connectivity index (χ0n) is 19.7. The van der Waals surface area contributed by atoms with Gasteiger partial charge in [0.2, 0.25) is 5.91 Å². The third kappa shape index (κ3) is 3.53. The molecule has 1 aliphatic carbocycles. The maximum absolute atomic E-state index is 13.2. The zero-order valence-corrected chi connectivity index (χ0v) is 19.7. The van der Waals surface area contributed by atoms with E-state index in [0.29, 0.717) is 0 Å². The van der Waals surface area contributed by atoms with Crippen molar-refractivity contribution in [1.82, 2.24) is 9.99 Å². The van der Waals surface area contributed by atoms with Crippen molar-refractivity contribution in [1.29, 1.82) is 0 Å². The third-order valence-corrected chi connectivity index (χ3v) is 7.36. The fourth-order valence-electron chi connectivity index (χ4n) is 5.60. The van der Waals surface area contributed by atoms with Crippen LogP contribution in [-0.2, 0) is 16.8 Å². The molecule has 1 heterocycles. The van der Waals surface area contributed by atoms with Crippen LogP contribution < -0.4 is 5.43 Å². The second-order valence-corrected chi connectivity index (χ2v) is 9.23. The van der Waals surface area contributed by atoms with Gasteiger partial charge >= 0.3 is 0 Å². The number of rotatable bonds is 6. The molecule has 172 valence electrons. The Kier molecular flexibility index (Phi) is 5.22. The predicted molar refractivity (Wildman–Crippen MR) is 143 cm³/mol. The van der Waals surface area contributed by atoms with E-state index < -0.39 is 0 Å². The first-order chi connectivity index (χ1) is 17.2. The summed E-state index contributed by atoms with van der Waals surface area (Å²) in [5, 5.41) is 6.77. The van der Waals surface area contributed by atoms with Gasteiger partial charge in [-0.05, 0) is 48.2 Å². The number of aromatic nitrogens is 1. The van der Waals surface area contributed by atoms with Crippen molar-refractivity contribution < 1.29 is 4.79 Å². The molecular formula is C31H27N3O. The van der Waals surface area contributed by atoms with E-state index in [4.69, 9.17) is 0 Å². The van der Waals surface area contributed by atoms with Crippen LogP contribution in [0.2, 0.25) is 0 Å². The van der Waals surface area contributed by atoms with Crippen molar-refractivity contribution >= 4 is 33.9 Å². The van der Waals surface area contributed by atoms with Crippen LogP contribution in [0.25, 0.3) is 21.8 Å². The summed E-state index contributed by atoms with van der Waals surface area (Å²) < 4.78 is 2.33. The highest BCUT2D eigenvalue weighted by molar-refractivity contribution is 6.09. The van der Waals surface area contributed by atoms with Gasteiger partial charge in [0.25, 0.3) is 0 Å². The predicted octanol–water partition coefficient (Wildman–Crippen LogP) is 6.27. The summed E-state index contributed by atoms with van der Waals surface area (Å²) in [6, 6.07) is 35.5. The number of para-hydroxylation sites is 1. The molecule has 1 fully saturated rings. The molecule has 35 heavy (non-hydrogen) atoms. The van der Waals surface area contributed by atoms with Gasteiger partial charge in [-0.15, -0.1) is 0 Å². The number of nitrogens with one attached hydrogen (secondary N) is 1. The summed E-state index contributed by atoms with van der Waals surface area (Å²) in [4.78, 5) is 13.2. The third-order valence-electron chi connectivity index (χ3n) is 7.36. The monoisotopic (exact) mass is 457 g/mol. The van der Waals surface area contributed by atoms with E-state index in [1.807, 2.05) is 36.4 Å². The van der Waals surface area contributed by atoms with Crippen molar-refractivity contribution in [3.63, 3.8) is 0 Å². The Balaban J connectivity index is 1.25. The highest BCUT2D eigenvalue weighted by atomic mass is 16.2. The van der Waals surface area contributed by atoms with Gasteiger partial charge in [0, 0.05) is 33.8 Å². The number of hydrogen-bond donors (Lipinski definition) is 1. The van der Waals surface area contributed by atoms with E-state index in [0.717, 1.165) is 18.5 Å². The van der Waals surface area contributed by atoms with Crippen LogP contribution >= 0.6 is 0 Å². The Morgan fingerprint density at radius 1 is 0.886 bits per heavy atom. The van der Waals surface area contributed by atoms with E-state index in [1.165, 1.54) is 32.9 Å². The van der Waals surface area contributed by atoms with Crippen LogP contribution in [0.15, 0.2) is 108 Å². The Morgan fingerprint density at radius 2 is 1.51 bits per heavy atom. The molecule has 4 heteroatoms. The first-order valence-electron chi connectivity index (χ1n) is 12.2. The van der Waals surface area contributed by atoms with Gasteiger partial charge in [0.15, 0.2) is 0 Å². The fraction of sp³-hybridized carbons (Fsp3) is 0.161. The smallest absolute Gasteiger partial charge is 0.244 e. The first kappa shape index (κ1) is 21.4. The van der Waals surface area contributed by atoms with E-state index in [9.17, 15) is 4.79 Å². The summed E-state index contributed by atoms with van der Waals surface area (Å²) in [6.07, 6.45) is 2.52. The van der Waals surface area contributed by atoms with Gasteiger partial charge in [-0.2, -0.15) is 5.10 Å². The maximum Gasteiger partial charge on any atom is 0.244 e. The lowest BCUT2D eigenvalue weighted by atomic mass is 9.85. The molecule has 6 rings (SSSR count). The molecular weight excluding hydrogens is 430 g/mol. The van der Waals surface area contributed by atoms with Crippen molar-refractivity contribution in [2.24, 2.45) is 11.0 Å². The van der Waals surface area contributed by atoms with Crippen LogP contribution in [0.1, 0.15) is 30.0 Å². The SMILES string of the molecule is CCn1c2ccccc2c2cc(C=NNC(=O)[C@@H]3CC3(c3ccccc3)c3ccccc3)ccc21. The van der Waals surface area contributed by atoms with Gasteiger partial charge in [0.1, 0.15) is 0 Å². The maximum atomic E-state index is 13.2. The number of carbonyl (C=O) groups is 1. The average Bonchev–Trinajstić information content (AvgIpc) is 3.61. The molecule has 1 aromatic heterocycles. The molecule has 1 N–H and O–H groups in total. The quantitative estimate of drug-likeness (QED) is 0.237. The van der Waals surface area contributed by atoms with E-state index in [2.05, 4.69) is 88.7 Å². The Bertz CT molecular complexity index is 1510. The molecule has 0 radical (unpaired) electrons. The van der Waals surface area contributed by atoms with Crippen LogP contribution in [0.5, 0.6) is 0 Å². The number of benzene rings is 4. The minimum atomic E-state index is -0.289. The lowest BCUT2D eigenvalue weighted by molar-refractivity contribution is -0.122. The summed E-state index contributed by atoms with van der Waals surface area (Å²) in [6.45, 7) is 3.08. The van der Waals surface area contributed by atoms with Gasteiger partial charge in [-0.25, -0.2) is 5.43 Å². The number of hydrazone groups is 1. The highest BCUT2D eigenvalue weighted by Gasteiger charge is 2.60. The Hall–Kier alpha value is -4.18. The largest absolute Gasteiger partial charge is 0.341 e. The van der Waals surface area contributed by atoms with Gasteiger partial charge in [-0.3, -0.25) is 4.79 Å². The topological polar surface area (TPSA) is 46.4 Å². The number of fused-ring (bicyclic) bond motifs is 3.